The molecule has 0 aliphatic carbocycles. The highest BCUT2D eigenvalue weighted by Gasteiger charge is 2.23. The molecule has 2 fully saturated rings. The average Bonchev–Trinajstić information content (AvgIpc) is 3.09. The fraction of sp³-hybridized carbons (Fsp3) is 0.593. The van der Waals surface area contributed by atoms with Crippen molar-refractivity contribution in [3.63, 3.8) is 0 Å². The van der Waals surface area contributed by atoms with Crippen molar-refractivity contribution in [2.45, 2.75) is 64.3 Å². The number of benzene rings is 1. The SMILES string of the molecule is O=C(NCCCN1CCCCCC1)C(=O)c1cn(CC(=O)N2CCCCCC2)c2ccccc12. The second-order valence-corrected chi connectivity index (χ2v) is 9.68. The van der Waals surface area contributed by atoms with Gasteiger partial charge in [0.05, 0.1) is 5.56 Å². The number of fused-ring (bicyclic) bond motifs is 1. The molecule has 4 rings (SSSR count). The van der Waals surface area contributed by atoms with Gasteiger partial charge in [-0.05, 0) is 57.8 Å². The van der Waals surface area contributed by atoms with E-state index in [4.69, 9.17) is 0 Å². The summed E-state index contributed by atoms with van der Waals surface area (Å²) in [5, 5.41) is 3.53. The van der Waals surface area contributed by atoms with Crippen molar-refractivity contribution in [1.82, 2.24) is 19.7 Å². The molecule has 0 saturated carbocycles. The van der Waals surface area contributed by atoms with E-state index in [1.165, 1.54) is 38.5 Å². The number of carbonyl (C=O) groups excluding carboxylic acids is 3. The van der Waals surface area contributed by atoms with Gasteiger partial charge in [-0.25, -0.2) is 0 Å². The van der Waals surface area contributed by atoms with Crippen LogP contribution in [0.25, 0.3) is 10.9 Å². The number of aromatic nitrogens is 1. The first-order valence-electron chi connectivity index (χ1n) is 13.0. The summed E-state index contributed by atoms with van der Waals surface area (Å²) in [5.41, 5.74) is 1.17. The molecule has 2 amide bonds. The van der Waals surface area contributed by atoms with Gasteiger partial charge < -0.3 is 19.7 Å². The number of nitrogens with zero attached hydrogens (tertiary/aromatic N) is 3. The number of likely N-dealkylation sites (tertiary alicyclic amines) is 2. The molecule has 2 aliphatic heterocycles. The third-order valence-electron chi connectivity index (χ3n) is 7.14. The Hall–Kier alpha value is -2.67. The van der Waals surface area contributed by atoms with Crippen molar-refractivity contribution >= 4 is 28.5 Å². The molecule has 7 heteroatoms. The molecule has 3 heterocycles. The van der Waals surface area contributed by atoms with Gasteiger partial charge in [-0.15, -0.1) is 0 Å². The lowest BCUT2D eigenvalue weighted by Crippen LogP contribution is -2.34. The molecule has 7 nitrogen and oxygen atoms in total. The second kappa shape index (κ2) is 12.2. The zero-order valence-electron chi connectivity index (χ0n) is 20.3. The van der Waals surface area contributed by atoms with Crippen molar-refractivity contribution in [2.75, 3.05) is 39.3 Å². The highest BCUT2D eigenvalue weighted by Crippen LogP contribution is 2.22. The van der Waals surface area contributed by atoms with E-state index < -0.39 is 11.7 Å². The van der Waals surface area contributed by atoms with Crippen LogP contribution in [0, 0.1) is 0 Å². The number of nitrogens with one attached hydrogen (secondary N) is 1. The van der Waals surface area contributed by atoms with Crippen molar-refractivity contribution < 1.29 is 14.4 Å². The smallest absolute Gasteiger partial charge is 0.292 e. The minimum atomic E-state index is -0.572. The lowest BCUT2D eigenvalue weighted by atomic mass is 10.1. The highest BCUT2D eigenvalue weighted by atomic mass is 16.2. The Bertz CT molecular complexity index is 983. The van der Waals surface area contributed by atoms with E-state index in [-0.39, 0.29) is 12.5 Å². The highest BCUT2D eigenvalue weighted by molar-refractivity contribution is 6.45. The summed E-state index contributed by atoms with van der Waals surface area (Å²) < 4.78 is 1.82. The van der Waals surface area contributed by atoms with Crippen LogP contribution < -0.4 is 5.32 Å². The van der Waals surface area contributed by atoms with Crippen LogP contribution in [-0.2, 0) is 16.1 Å². The molecular weight excluding hydrogens is 428 g/mol. The molecule has 34 heavy (non-hydrogen) atoms. The molecule has 1 N–H and O–H groups in total. The summed E-state index contributed by atoms with van der Waals surface area (Å²) in [7, 11) is 0. The Labute approximate surface area is 202 Å². The van der Waals surface area contributed by atoms with Crippen molar-refractivity contribution in [3.8, 4) is 0 Å². The lowest BCUT2D eigenvalue weighted by molar-refractivity contribution is -0.131. The van der Waals surface area contributed by atoms with Crippen LogP contribution in [0.15, 0.2) is 30.5 Å². The Kier molecular flexibility index (Phi) is 8.74. The summed E-state index contributed by atoms with van der Waals surface area (Å²) in [6, 6.07) is 7.51. The van der Waals surface area contributed by atoms with Gasteiger partial charge in [-0.2, -0.15) is 0 Å². The molecule has 184 valence electrons. The third kappa shape index (κ3) is 6.26. The summed E-state index contributed by atoms with van der Waals surface area (Å²) in [5.74, 6) is -1.04. The molecule has 0 bridgehead atoms. The molecule has 2 aliphatic rings. The van der Waals surface area contributed by atoms with Gasteiger partial charge in [-0.3, -0.25) is 14.4 Å². The van der Waals surface area contributed by atoms with Crippen molar-refractivity contribution in [3.05, 3.63) is 36.0 Å². The van der Waals surface area contributed by atoms with Crippen LogP contribution in [0.3, 0.4) is 0 Å². The summed E-state index contributed by atoms with van der Waals surface area (Å²) in [4.78, 5) is 43.0. The predicted octanol–water partition coefficient (Wildman–Crippen LogP) is 3.61. The Morgan fingerprint density at radius 2 is 1.47 bits per heavy atom. The quantitative estimate of drug-likeness (QED) is 0.366. The minimum absolute atomic E-state index is 0.0691. The first kappa shape index (κ1) is 24.5. The number of para-hydroxylation sites is 1. The number of hydrogen-bond donors (Lipinski definition) is 1. The Morgan fingerprint density at radius 3 is 2.18 bits per heavy atom. The Morgan fingerprint density at radius 1 is 0.824 bits per heavy atom. The van der Waals surface area contributed by atoms with Crippen molar-refractivity contribution in [1.29, 1.82) is 0 Å². The Balaban J connectivity index is 1.37. The van der Waals surface area contributed by atoms with Crippen LogP contribution in [0.4, 0.5) is 0 Å². The zero-order chi connectivity index (χ0) is 23.8. The molecule has 1 aromatic heterocycles. The zero-order valence-corrected chi connectivity index (χ0v) is 20.3. The van der Waals surface area contributed by atoms with E-state index in [0.717, 1.165) is 62.9 Å². The van der Waals surface area contributed by atoms with Gasteiger partial charge >= 0.3 is 0 Å². The maximum Gasteiger partial charge on any atom is 0.292 e. The molecule has 2 saturated heterocycles. The minimum Gasteiger partial charge on any atom is -0.349 e. The van der Waals surface area contributed by atoms with Gasteiger partial charge in [0.2, 0.25) is 5.91 Å². The second-order valence-electron chi connectivity index (χ2n) is 9.68. The number of hydrogen-bond acceptors (Lipinski definition) is 4. The van der Waals surface area contributed by atoms with E-state index in [0.29, 0.717) is 12.1 Å². The van der Waals surface area contributed by atoms with E-state index in [9.17, 15) is 14.4 Å². The molecule has 0 spiro atoms. The van der Waals surface area contributed by atoms with E-state index in [1.807, 2.05) is 33.7 Å². The molecule has 0 radical (unpaired) electrons. The first-order valence-corrected chi connectivity index (χ1v) is 13.0. The van der Waals surface area contributed by atoms with Gasteiger partial charge in [0.25, 0.3) is 11.7 Å². The topological polar surface area (TPSA) is 74.6 Å². The van der Waals surface area contributed by atoms with E-state index in [1.54, 1.807) is 6.20 Å². The maximum atomic E-state index is 13.0. The van der Waals surface area contributed by atoms with Gasteiger partial charge in [-0.1, -0.05) is 43.9 Å². The van der Waals surface area contributed by atoms with E-state index >= 15 is 0 Å². The number of Topliss-reactive ketones (excluding diaryl/α,β-unsaturated/α-hetero) is 1. The molecular formula is C27H38N4O3. The molecule has 1 aromatic carbocycles. The normalized spacial score (nSPS) is 17.8. The number of rotatable bonds is 8. The monoisotopic (exact) mass is 466 g/mol. The number of ketones is 1. The molecule has 0 unspecified atom stereocenters. The predicted molar refractivity (Wildman–Crippen MR) is 134 cm³/mol. The van der Waals surface area contributed by atoms with Crippen LogP contribution in [-0.4, -0.2) is 71.2 Å². The van der Waals surface area contributed by atoms with Crippen LogP contribution in [0.5, 0.6) is 0 Å². The summed E-state index contributed by atoms with van der Waals surface area (Å²) in [6.07, 6.45) is 12.0. The average molecular weight is 467 g/mol. The van der Waals surface area contributed by atoms with Gasteiger partial charge in [0, 0.05) is 36.7 Å². The van der Waals surface area contributed by atoms with Gasteiger partial charge in [0.1, 0.15) is 6.54 Å². The fourth-order valence-electron chi connectivity index (χ4n) is 5.19. The van der Waals surface area contributed by atoms with Crippen LogP contribution in [0.2, 0.25) is 0 Å². The van der Waals surface area contributed by atoms with Gasteiger partial charge in [0.15, 0.2) is 0 Å². The van der Waals surface area contributed by atoms with Crippen molar-refractivity contribution in [2.24, 2.45) is 0 Å². The third-order valence-corrected chi connectivity index (χ3v) is 7.14. The van der Waals surface area contributed by atoms with Crippen LogP contribution in [0.1, 0.15) is 68.1 Å². The largest absolute Gasteiger partial charge is 0.349 e. The lowest BCUT2D eigenvalue weighted by Gasteiger charge is -2.20. The number of carbonyl (C=O) groups is 3. The summed E-state index contributed by atoms with van der Waals surface area (Å²) in [6.45, 7) is 5.48. The molecule has 2 aromatic rings. The molecule has 0 atom stereocenters. The summed E-state index contributed by atoms with van der Waals surface area (Å²) >= 11 is 0. The maximum absolute atomic E-state index is 13.0. The fourth-order valence-corrected chi connectivity index (χ4v) is 5.19. The van der Waals surface area contributed by atoms with Crippen LogP contribution >= 0.6 is 0 Å². The first-order chi connectivity index (χ1) is 16.6. The number of amides is 2. The standard InChI is InChI=1S/C27H38N4O3/c32-25(30-18-9-3-4-10-19-30)21-31-20-23(22-12-5-6-13-24(22)31)26(33)27(34)28-14-11-17-29-15-7-1-2-8-16-29/h5-6,12-13,20H,1-4,7-11,14-19,21H2,(H,28,34). The van der Waals surface area contributed by atoms with E-state index in [2.05, 4.69) is 10.2 Å².